The second kappa shape index (κ2) is 6.33. The van der Waals surface area contributed by atoms with Crippen molar-refractivity contribution in [3.05, 3.63) is 36.1 Å². The van der Waals surface area contributed by atoms with Crippen LogP contribution in [-0.4, -0.2) is 5.91 Å². The van der Waals surface area contributed by atoms with Gasteiger partial charge in [-0.05, 0) is 31.4 Å². The first kappa shape index (κ1) is 14.2. The number of rotatable bonds is 5. The lowest BCUT2D eigenvalue weighted by atomic mass is 10.0. The molecule has 0 radical (unpaired) electrons. The van der Waals surface area contributed by atoms with Crippen molar-refractivity contribution < 1.29 is 9.21 Å². The van der Waals surface area contributed by atoms with Gasteiger partial charge in [0.2, 0.25) is 5.91 Å². The molecule has 1 aromatic heterocycles. The Labute approximate surface area is 125 Å². The fourth-order valence-corrected chi connectivity index (χ4v) is 3.23. The topological polar surface area (TPSA) is 42.2 Å². The highest BCUT2D eigenvalue weighted by atomic mass is 16.3. The number of nitrogens with one attached hydrogen (secondary N) is 1. The van der Waals surface area contributed by atoms with Crippen LogP contribution in [-0.2, 0) is 4.79 Å². The van der Waals surface area contributed by atoms with Gasteiger partial charge in [-0.25, -0.2) is 0 Å². The van der Waals surface area contributed by atoms with Gasteiger partial charge in [-0.1, -0.05) is 43.9 Å². The third-order valence-electron chi connectivity index (χ3n) is 4.50. The molecule has 1 heterocycles. The Morgan fingerprint density at radius 3 is 2.86 bits per heavy atom. The summed E-state index contributed by atoms with van der Waals surface area (Å²) < 4.78 is 5.79. The minimum absolute atomic E-state index is 0.0755. The zero-order chi connectivity index (χ0) is 14.7. The van der Waals surface area contributed by atoms with Crippen molar-refractivity contribution in [1.82, 2.24) is 5.32 Å². The fraction of sp³-hybridized carbons (Fsp3) is 0.500. The van der Waals surface area contributed by atoms with Crippen LogP contribution in [0.5, 0.6) is 0 Å². The number of benzene rings is 1. The zero-order valence-corrected chi connectivity index (χ0v) is 12.6. The molecular formula is C18H23NO2. The fourth-order valence-electron chi connectivity index (χ4n) is 3.23. The Morgan fingerprint density at radius 1 is 1.33 bits per heavy atom. The Morgan fingerprint density at radius 2 is 2.10 bits per heavy atom. The van der Waals surface area contributed by atoms with E-state index in [2.05, 4.69) is 5.32 Å². The summed E-state index contributed by atoms with van der Waals surface area (Å²) in [4.78, 5) is 12.0. The van der Waals surface area contributed by atoms with Gasteiger partial charge >= 0.3 is 0 Å². The largest absolute Gasteiger partial charge is 0.459 e. The van der Waals surface area contributed by atoms with E-state index in [1.54, 1.807) is 0 Å². The van der Waals surface area contributed by atoms with Gasteiger partial charge < -0.3 is 9.73 Å². The van der Waals surface area contributed by atoms with Crippen molar-refractivity contribution in [2.45, 2.75) is 51.5 Å². The van der Waals surface area contributed by atoms with E-state index in [0.29, 0.717) is 6.42 Å². The molecule has 112 valence electrons. The number of hydrogen-bond donors (Lipinski definition) is 1. The molecule has 1 aromatic carbocycles. The van der Waals surface area contributed by atoms with Crippen LogP contribution in [0.15, 0.2) is 34.7 Å². The van der Waals surface area contributed by atoms with Crippen LogP contribution >= 0.6 is 0 Å². The minimum Gasteiger partial charge on any atom is -0.459 e. The molecule has 1 atom stereocenters. The van der Waals surface area contributed by atoms with Crippen LogP contribution in [0.1, 0.15) is 57.3 Å². The molecule has 21 heavy (non-hydrogen) atoms. The minimum atomic E-state index is -0.0755. The summed E-state index contributed by atoms with van der Waals surface area (Å²) in [6.45, 7) is 1.98. The molecule has 0 saturated heterocycles. The molecule has 2 aromatic rings. The maximum Gasteiger partial charge on any atom is 0.220 e. The van der Waals surface area contributed by atoms with Crippen LogP contribution in [0.4, 0.5) is 0 Å². The van der Waals surface area contributed by atoms with E-state index in [-0.39, 0.29) is 11.9 Å². The first-order chi connectivity index (χ1) is 10.2. The monoisotopic (exact) mass is 285 g/mol. The smallest absolute Gasteiger partial charge is 0.220 e. The maximum absolute atomic E-state index is 12.0. The van der Waals surface area contributed by atoms with Gasteiger partial charge in [-0.3, -0.25) is 4.79 Å². The van der Waals surface area contributed by atoms with E-state index in [4.69, 9.17) is 4.42 Å². The zero-order valence-electron chi connectivity index (χ0n) is 12.6. The Kier molecular flexibility index (Phi) is 4.28. The van der Waals surface area contributed by atoms with Crippen molar-refractivity contribution >= 4 is 16.9 Å². The lowest BCUT2D eigenvalue weighted by Gasteiger charge is -2.13. The van der Waals surface area contributed by atoms with Crippen molar-refractivity contribution in [2.75, 3.05) is 0 Å². The van der Waals surface area contributed by atoms with Gasteiger partial charge in [-0.15, -0.1) is 0 Å². The summed E-state index contributed by atoms with van der Waals surface area (Å²) in [6, 6.07) is 9.86. The number of para-hydroxylation sites is 1. The number of carbonyl (C=O) groups excluding carboxylic acids is 1. The van der Waals surface area contributed by atoms with Gasteiger partial charge in [-0.2, -0.15) is 0 Å². The lowest BCUT2D eigenvalue weighted by Crippen LogP contribution is -2.26. The van der Waals surface area contributed by atoms with Gasteiger partial charge in [0.25, 0.3) is 0 Å². The second-order valence-electron chi connectivity index (χ2n) is 6.16. The standard InChI is InChI=1S/C18H23NO2/c1-13(17-12-15-8-4-5-9-16(15)21-17)19-18(20)11-10-14-6-2-3-7-14/h4-5,8-9,12-14H,2-3,6-7,10-11H2,1H3,(H,19,20)/t13-/m1/s1. The first-order valence-electron chi connectivity index (χ1n) is 8.00. The number of fused-ring (bicyclic) bond motifs is 1. The second-order valence-corrected chi connectivity index (χ2v) is 6.16. The third-order valence-corrected chi connectivity index (χ3v) is 4.50. The summed E-state index contributed by atoms with van der Waals surface area (Å²) in [6.07, 6.45) is 6.93. The third kappa shape index (κ3) is 3.46. The van der Waals surface area contributed by atoms with E-state index >= 15 is 0 Å². The van der Waals surface area contributed by atoms with E-state index in [9.17, 15) is 4.79 Å². The average Bonchev–Trinajstić information content (AvgIpc) is 3.14. The average molecular weight is 285 g/mol. The van der Waals surface area contributed by atoms with Crippen molar-refractivity contribution in [3.63, 3.8) is 0 Å². The van der Waals surface area contributed by atoms with Crippen LogP contribution < -0.4 is 5.32 Å². The van der Waals surface area contributed by atoms with Crippen molar-refractivity contribution in [2.24, 2.45) is 5.92 Å². The molecule has 3 rings (SSSR count). The van der Waals surface area contributed by atoms with Gasteiger partial charge in [0.05, 0.1) is 6.04 Å². The maximum atomic E-state index is 12.0. The highest BCUT2D eigenvalue weighted by molar-refractivity contribution is 5.79. The SMILES string of the molecule is C[C@@H](NC(=O)CCC1CCCC1)c1cc2ccccc2o1. The molecule has 3 nitrogen and oxygen atoms in total. The molecule has 3 heteroatoms. The number of hydrogen-bond acceptors (Lipinski definition) is 2. The molecule has 0 unspecified atom stereocenters. The number of furan rings is 1. The molecule has 1 saturated carbocycles. The Bertz CT molecular complexity index is 577. The van der Waals surface area contributed by atoms with Crippen LogP contribution in [0.25, 0.3) is 11.0 Å². The first-order valence-corrected chi connectivity index (χ1v) is 8.00. The molecule has 1 fully saturated rings. The summed E-state index contributed by atoms with van der Waals surface area (Å²) in [5.41, 5.74) is 0.875. The Hall–Kier alpha value is -1.77. The summed E-state index contributed by atoms with van der Waals surface area (Å²) >= 11 is 0. The van der Waals surface area contributed by atoms with E-state index in [0.717, 1.165) is 29.1 Å². The molecule has 0 bridgehead atoms. The predicted octanol–water partition coefficient (Wildman–Crippen LogP) is 4.58. The van der Waals surface area contributed by atoms with E-state index < -0.39 is 0 Å². The molecule has 0 spiro atoms. The molecule has 1 aliphatic carbocycles. The molecule has 0 aliphatic heterocycles. The summed E-state index contributed by atoms with van der Waals surface area (Å²) in [5.74, 6) is 1.72. The van der Waals surface area contributed by atoms with Crippen LogP contribution in [0.3, 0.4) is 0 Å². The number of amides is 1. The Balaban J connectivity index is 1.54. The summed E-state index contributed by atoms with van der Waals surface area (Å²) in [5, 5.41) is 4.13. The quantitative estimate of drug-likeness (QED) is 0.873. The highest BCUT2D eigenvalue weighted by Crippen LogP contribution is 2.28. The van der Waals surface area contributed by atoms with Crippen molar-refractivity contribution in [1.29, 1.82) is 0 Å². The molecule has 1 N–H and O–H groups in total. The van der Waals surface area contributed by atoms with Gasteiger partial charge in [0, 0.05) is 11.8 Å². The predicted molar refractivity (Wildman–Crippen MR) is 84.0 cm³/mol. The molecule has 1 aliphatic rings. The van der Waals surface area contributed by atoms with Crippen LogP contribution in [0.2, 0.25) is 0 Å². The van der Waals surface area contributed by atoms with Crippen LogP contribution in [0, 0.1) is 5.92 Å². The van der Waals surface area contributed by atoms with Gasteiger partial charge in [0.15, 0.2) is 0 Å². The number of carbonyl (C=O) groups is 1. The van der Waals surface area contributed by atoms with Gasteiger partial charge in [0.1, 0.15) is 11.3 Å². The normalized spacial score (nSPS) is 17.2. The van der Waals surface area contributed by atoms with E-state index in [1.807, 2.05) is 37.3 Å². The lowest BCUT2D eigenvalue weighted by molar-refractivity contribution is -0.122. The highest BCUT2D eigenvalue weighted by Gasteiger charge is 2.18. The van der Waals surface area contributed by atoms with Crippen molar-refractivity contribution in [3.8, 4) is 0 Å². The molecule has 1 amide bonds. The van der Waals surface area contributed by atoms with E-state index in [1.165, 1.54) is 25.7 Å². The molecular weight excluding hydrogens is 262 g/mol. The summed E-state index contributed by atoms with van der Waals surface area (Å²) in [7, 11) is 0.